The zero-order valence-corrected chi connectivity index (χ0v) is 10.2. The fourth-order valence-electron chi connectivity index (χ4n) is 2.56. The van der Waals surface area contributed by atoms with E-state index >= 15 is 0 Å². The highest BCUT2D eigenvalue weighted by Crippen LogP contribution is 2.28. The molecule has 1 heteroatoms. The van der Waals surface area contributed by atoms with Crippen LogP contribution in [0.3, 0.4) is 0 Å². The summed E-state index contributed by atoms with van der Waals surface area (Å²) < 4.78 is 0. The molecule has 1 aliphatic carbocycles. The van der Waals surface area contributed by atoms with Crippen LogP contribution in [0.25, 0.3) is 6.08 Å². The molecule has 0 aromatic heterocycles. The Bertz CT molecular complexity index is 571. The number of benzene rings is 2. The molecule has 18 heavy (non-hydrogen) atoms. The zero-order valence-electron chi connectivity index (χ0n) is 10.2. The molecular weight excluding hydrogens is 220 g/mol. The fourth-order valence-corrected chi connectivity index (χ4v) is 2.56. The van der Waals surface area contributed by atoms with Gasteiger partial charge in [0.05, 0.1) is 5.60 Å². The Morgan fingerprint density at radius 2 is 1.67 bits per heavy atom. The van der Waals surface area contributed by atoms with Crippen molar-refractivity contribution in [1.82, 2.24) is 0 Å². The Balaban J connectivity index is 1.86. The van der Waals surface area contributed by atoms with Gasteiger partial charge in [0.2, 0.25) is 0 Å². The zero-order chi connectivity index (χ0) is 12.4. The van der Waals surface area contributed by atoms with Crippen molar-refractivity contribution in [3.63, 3.8) is 0 Å². The Hall–Kier alpha value is -1.86. The standard InChI is InChI=1S/C17H16O/c18-17(12-14-6-2-1-3-7-14)11-10-15-8-4-5-9-16(15)13-17/h1-11,18H,12-13H2. The van der Waals surface area contributed by atoms with Gasteiger partial charge in [0.15, 0.2) is 0 Å². The molecule has 0 bridgehead atoms. The van der Waals surface area contributed by atoms with Gasteiger partial charge >= 0.3 is 0 Å². The molecule has 0 radical (unpaired) electrons. The van der Waals surface area contributed by atoms with Crippen LogP contribution in [0.2, 0.25) is 0 Å². The van der Waals surface area contributed by atoms with E-state index in [-0.39, 0.29) is 0 Å². The number of hydrogen-bond acceptors (Lipinski definition) is 1. The van der Waals surface area contributed by atoms with Crippen molar-refractivity contribution < 1.29 is 5.11 Å². The number of fused-ring (bicyclic) bond motifs is 1. The summed E-state index contributed by atoms with van der Waals surface area (Å²) in [5.41, 5.74) is 2.85. The highest BCUT2D eigenvalue weighted by Gasteiger charge is 2.28. The number of hydrogen-bond donors (Lipinski definition) is 1. The van der Waals surface area contributed by atoms with E-state index in [4.69, 9.17) is 0 Å². The van der Waals surface area contributed by atoms with Crippen molar-refractivity contribution in [2.24, 2.45) is 0 Å². The van der Waals surface area contributed by atoms with Gasteiger partial charge in [-0.1, -0.05) is 66.7 Å². The van der Waals surface area contributed by atoms with Gasteiger partial charge in [-0.2, -0.15) is 0 Å². The van der Waals surface area contributed by atoms with E-state index in [2.05, 4.69) is 24.3 Å². The first kappa shape index (κ1) is 11.2. The largest absolute Gasteiger partial charge is 0.385 e. The first-order valence-electron chi connectivity index (χ1n) is 6.29. The van der Waals surface area contributed by atoms with Gasteiger partial charge in [0, 0.05) is 12.8 Å². The molecule has 0 saturated carbocycles. The van der Waals surface area contributed by atoms with Crippen molar-refractivity contribution in [3.8, 4) is 0 Å². The predicted molar refractivity (Wildman–Crippen MR) is 74.3 cm³/mol. The molecule has 0 aliphatic heterocycles. The quantitative estimate of drug-likeness (QED) is 0.848. The van der Waals surface area contributed by atoms with Crippen LogP contribution in [0.4, 0.5) is 0 Å². The molecule has 1 unspecified atom stereocenters. The third-order valence-electron chi connectivity index (χ3n) is 3.48. The molecule has 0 fully saturated rings. The van der Waals surface area contributed by atoms with Crippen LogP contribution in [0, 0.1) is 0 Å². The lowest BCUT2D eigenvalue weighted by Gasteiger charge is -2.29. The smallest absolute Gasteiger partial charge is 0.0911 e. The summed E-state index contributed by atoms with van der Waals surface area (Å²) in [6.07, 6.45) is 5.32. The van der Waals surface area contributed by atoms with Crippen molar-refractivity contribution in [2.45, 2.75) is 18.4 Å². The maximum atomic E-state index is 10.7. The number of rotatable bonds is 2. The first-order valence-corrected chi connectivity index (χ1v) is 6.29. The SMILES string of the molecule is OC1(Cc2ccccc2)C=Cc2ccccc2C1. The van der Waals surface area contributed by atoms with Crippen LogP contribution in [0.1, 0.15) is 16.7 Å². The maximum Gasteiger partial charge on any atom is 0.0911 e. The first-order chi connectivity index (χ1) is 8.75. The molecule has 1 N–H and O–H groups in total. The Labute approximate surface area is 107 Å². The van der Waals surface area contributed by atoms with Crippen molar-refractivity contribution in [3.05, 3.63) is 77.4 Å². The van der Waals surface area contributed by atoms with Crippen LogP contribution in [-0.4, -0.2) is 10.7 Å². The highest BCUT2D eigenvalue weighted by molar-refractivity contribution is 5.58. The summed E-state index contributed by atoms with van der Waals surface area (Å²) >= 11 is 0. The molecule has 2 aromatic rings. The predicted octanol–water partition coefficient (Wildman–Crippen LogP) is 3.23. The lowest BCUT2D eigenvalue weighted by Crippen LogP contribution is -2.33. The van der Waals surface area contributed by atoms with Gasteiger partial charge in [0.25, 0.3) is 0 Å². The molecule has 90 valence electrons. The monoisotopic (exact) mass is 236 g/mol. The van der Waals surface area contributed by atoms with Crippen molar-refractivity contribution in [2.75, 3.05) is 0 Å². The second-order valence-electron chi connectivity index (χ2n) is 4.97. The molecule has 1 nitrogen and oxygen atoms in total. The topological polar surface area (TPSA) is 20.2 Å². The normalized spacial score (nSPS) is 21.6. The summed E-state index contributed by atoms with van der Waals surface area (Å²) in [7, 11) is 0. The summed E-state index contributed by atoms with van der Waals surface area (Å²) in [5.74, 6) is 0. The van der Waals surface area contributed by atoms with Gasteiger partial charge in [-0.3, -0.25) is 0 Å². The second kappa shape index (κ2) is 4.43. The Kier molecular flexibility index (Phi) is 2.77. The average molecular weight is 236 g/mol. The molecule has 3 rings (SSSR count). The second-order valence-corrected chi connectivity index (χ2v) is 4.97. The van der Waals surface area contributed by atoms with Gasteiger partial charge < -0.3 is 5.11 Å². The summed E-state index contributed by atoms with van der Waals surface area (Å²) in [4.78, 5) is 0. The minimum Gasteiger partial charge on any atom is -0.385 e. The van der Waals surface area contributed by atoms with Crippen LogP contribution in [-0.2, 0) is 12.8 Å². The third kappa shape index (κ3) is 2.22. The van der Waals surface area contributed by atoms with Gasteiger partial charge in [0.1, 0.15) is 0 Å². The Morgan fingerprint density at radius 1 is 0.944 bits per heavy atom. The molecule has 0 spiro atoms. The number of aliphatic hydroxyl groups is 1. The van der Waals surface area contributed by atoms with Gasteiger partial charge in [-0.15, -0.1) is 0 Å². The minimum absolute atomic E-state index is 0.665. The van der Waals surface area contributed by atoms with E-state index in [1.165, 1.54) is 16.7 Å². The summed E-state index contributed by atoms with van der Waals surface area (Å²) in [5, 5.41) is 10.7. The van der Waals surface area contributed by atoms with Crippen molar-refractivity contribution >= 4 is 6.08 Å². The van der Waals surface area contributed by atoms with E-state index in [0.29, 0.717) is 12.8 Å². The molecule has 0 heterocycles. The highest BCUT2D eigenvalue weighted by atomic mass is 16.3. The van der Waals surface area contributed by atoms with E-state index in [0.717, 1.165) is 0 Å². The lowest BCUT2D eigenvalue weighted by molar-refractivity contribution is 0.0912. The van der Waals surface area contributed by atoms with Gasteiger partial charge in [-0.05, 0) is 16.7 Å². The molecule has 0 saturated heterocycles. The maximum absolute atomic E-state index is 10.7. The molecular formula is C17H16O. The molecule has 1 atom stereocenters. The molecule has 0 amide bonds. The van der Waals surface area contributed by atoms with Crippen LogP contribution in [0.5, 0.6) is 0 Å². The van der Waals surface area contributed by atoms with E-state index in [9.17, 15) is 5.11 Å². The van der Waals surface area contributed by atoms with Gasteiger partial charge in [-0.25, -0.2) is 0 Å². The van der Waals surface area contributed by atoms with Crippen LogP contribution >= 0.6 is 0 Å². The van der Waals surface area contributed by atoms with E-state index < -0.39 is 5.60 Å². The Morgan fingerprint density at radius 3 is 2.50 bits per heavy atom. The van der Waals surface area contributed by atoms with Crippen molar-refractivity contribution in [1.29, 1.82) is 0 Å². The molecule has 1 aliphatic rings. The van der Waals surface area contributed by atoms with Crippen LogP contribution in [0.15, 0.2) is 60.7 Å². The fraction of sp³-hybridized carbons (Fsp3) is 0.176. The summed E-state index contributed by atoms with van der Waals surface area (Å²) in [6, 6.07) is 18.4. The minimum atomic E-state index is -0.754. The molecule has 2 aromatic carbocycles. The average Bonchev–Trinajstić information content (AvgIpc) is 2.39. The lowest BCUT2D eigenvalue weighted by atomic mass is 9.82. The van der Waals surface area contributed by atoms with E-state index in [1.54, 1.807) is 0 Å². The third-order valence-corrected chi connectivity index (χ3v) is 3.48. The summed E-state index contributed by atoms with van der Waals surface area (Å²) in [6.45, 7) is 0. The van der Waals surface area contributed by atoms with E-state index in [1.807, 2.05) is 42.5 Å². The van der Waals surface area contributed by atoms with Crippen LogP contribution < -0.4 is 0 Å².